The van der Waals surface area contributed by atoms with Crippen LogP contribution in [0.1, 0.15) is 38.6 Å². The van der Waals surface area contributed by atoms with E-state index in [1.165, 1.54) is 25.7 Å². The third-order valence-corrected chi connectivity index (χ3v) is 3.12. The van der Waals surface area contributed by atoms with E-state index in [0.717, 1.165) is 25.7 Å². The van der Waals surface area contributed by atoms with Crippen LogP contribution in [0.4, 0.5) is 5.95 Å². The highest BCUT2D eigenvalue weighted by Crippen LogP contribution is 2.31. The van der Waals surface area contributed by atoms with E-state index in [1.807, 2.05) is 13.1 Å². The Kier molecular flexibility index (Phi) is 4.22. The summed E-state index contributed by atoms with van der Waals surface area (Å²) in [6.45, 7) is 4.36. The molecule has 1 aromatic heterocycles. The molecule has 0 spiro atoms. The zero-order valence-corrected chi connectivity index (χ0v) is 9.98. The van der Waals surface area contributed by atoms with Crippen LogP contribution in [0.5, 0.6) is 0 Å². The van der Waals surface area contributed by atoms with Gasteiger partial charge in [-0.15, -0.1) is 0 Å². The van der Waals surface area contributed by atoms with E-state index in [-0.39, 0.29) is 0 Å². The smallest absolute Gasteiger partial charge is 0.203 e. The third kappa shape index (κ3) is 2.76. The number of hydrogen-bond donors (Lipinski definition) is 1. The van der Waals surface area contributed by atoms with Crippen molar-refractivity contribution in [1.29, 1.82) is 0 Å². The summed E-state index contributed by atoms with van der Waals surface area (Å²) in [5.74, 6) is 0.992. The molecular weight excluding hydrogens is 202 g/mol. The van der Waals surface area contributed by atoms with Crippen molar-refractivity contribution in [3.63, 3.8) is 0 Å². The fraction of sp³-hybridized carbons (Fsp3) is 0.750. The van der Waals surface area contributed by atoms with Crippen LogP contribution < -0.4 is 5.32 Å². The zero-order valence-electron chi connectivity index (χ0n) is 9.98. The van der Waals surface area contributed by atoms with Gasteiger partial charge in [0.1, 0.15) is 0 Å². The average molecular weight is 223 g/mol. The van der Waals surface area contributed by atoms with E-state index >= 15 is 0 Å². The maximum absolute atomic E-state index is 5.30. The van der Waals surface area contributed by atoms with Gasteiger partial charge in [0.2, 0.25) is 5.95 Å². The van der Waals surface area contributed by atoms with Crippen molar-refractivity contribution in [2.75, 3.05) is 25.1 Å². The summed E-state index contributed by atoms with van der Waals surface area (Å²) in [6, 6.07) is 0.650. The molecule has 1 aliphatic carbocycles. The van der Waals surface area contributed by atoms with Crippen molar-refractivity contribution >= 4 is 5.95 Å². The maximum atomic E-state index is 5.30. The number of nitrogens with zero attached hydrogens (tertiary/aromatic N) is 2. The second kappa shape index (κ2) is 5.89. The van der Waals surface area contributed by atoms with Crippen LogP contribution >= 0.6 is 0 Å². The highest BCUT2D eigenvalue weighted by atomic mass is 16.5. The molecular formula is C12H21N3O. The summed E-state index contributed by atoms with van der Waals surface area (Å²) in [4.78, 5) is 4.35. The second-order valence-corrected chi connectivity index (χ2v) is 4.22. The summed E-state index contributed by atoms with van der Waals surface area (Å²) in [5.41, 5.74) is 0. The molecule has 0 amide bonds. The van der Waals surface area contributed by atoms with Gasteiger partial charge in [-0.2, -0.15) is 0 Å². The molecule has 0 radical (unpaired) electrons. The van der Waals surface area contributed by atoms with Gasteiger partial charge in [-0.25, -0.2) is 4.98 Å². The van der Waals surface area contributed by atoms with Crippen LogP contribution in [0.3, 0.4) is 0 Å². The van der Waals surface area contributed by atoms with Crippen LogP contribution in [0.15, 0.2) is 12.4 Å². The lowest BCUT2D eigenvalue weighted by atomic mass is 10.2. The molecule has 0 saturated heterocycles. The molecule has 4 heteroatoms. The Morgan fingerprint density at radius 1 is 1.50 bits per heavy atom. The van der Waals surface area contributed by atoms with Crippen molar-refractivity contribution < 1.29 is 4.74 Å². The molecule has 90 valence electrons. The quantitative estimate of drug-likeness (QED) is 0.753. The van der Waals surface area contributed by atoms with E-state index < -0.39 is 0 Å². The van der Waals surface area contributed by atoms with Crippen LogP contribution in [-0.2, 0) is 4.74 Å². The van der Waals surface area contributed by atoms with E-state index in [1.54, 1.807) is 0 Å². The van der Waals surface area contributed by atoms with Gasteiger partial charge in [-0.1, -0.05) is 12.8 Å². The standard InChI is InChI=1S/C12H21N3O/c1-2-16-10-8-14-12-13-7-9-15(12)11-5-3-4-6-11/h7,9,11H,2-6,8,10H2,1H3,(H,13,14). The number of ether oxygens (including phenoxy) is 1. The van der Waals surface area contributed by atoms with Gasteiger partial charge in [0.25, 0.3) is 0 Å². The van der Waals surface area contributed by atoms with Gasteiger partial charge in [0, 0.05) is 31.6 Å². The fourth-order valence-corrected chi connectivity index (χ4v) is 2.31. The van der Waals surface area contributed by atoms with Crippen molar-refractivity contribution in [2.45, 2.75) is 38.6 Å². The van der Waals surface area contributed by atoms with Crippen LogP contribution in [-0.4, -0.2) is 29.3 Å². The molecule has 4 nitrogen and oxygen atoms in total. The predicted molar refractivity (Wildman–Crippen MR) is 64.7 cm³/mol. The molecule has 1 N–H and O–H groups in total. The summed E-state index contributed by atoms with van der Waals surface area (Å²) in [7, 11) is 0. The molecule has 2 rings (SSSR count). The molecule has 1 saturated carbocycles. The molecule has 16 heavy (non-hydrogen) atoms. The van der Waals surface area contributed by atoms with Gasteiger partial charge in [0.05, 0.1) is 6.61 Å². The van der Waals surface area contributed by atoms with Crippen molar-refractivity contribution in [1.82, 2.24) is 9.55 Å². The minimum atomic E-state index is 0.650. The molecule has 0 unspecified atom stereocenters. The Bertz CT molecular complexity index is 305. The first-order valence-electron chi connectivity index (χ1n) is 6.26. The summed E-state index contributed by atoms with van der Waals surface area (Å²) < 4.78 is 7.57. The number of rotatable bonds is 6. The molecule has 1 aromatic rings. The van der Waals surface area contributed by atoms with Crippen molar-refractivity contribution in [3.8, 4) is 0 Å². The van der Waals surface area contributed by atoms with Gasteiger partial charge in [-0.05, 0) is 19.8 Å². The summed E-state index contributed by atoms with van der Waals surface area (Å²) >= 11 is 0. The summed E-state index contributed by atoms with van der Waals surface area (Å²) in [5, 5.41) is 3.33. The normalized spacial score (nSPS) is 16.8. The van der Waals surface area contributed by atoms with E-state index in [9.17, 15) is 0 Å². The Balaban J connectivity index is 1.86. The van der Waals surface area contributed by atoms with E-state index in [4.69, 9.17) is 4.74 Å². The van der Waals surface area contributed by atoms with Crippen molar-refractivity contribution in [3.05, 3.63) is 12.4 Å². The van der Waals surface area contributed by atoms with Crippen LogP contribution in [0.25, 0.3) is 0 Å². The number of anilines is 1. The highest BCUT2D eigenvalue weighted by molar-refractivity contribution is 5.26. The van der Waals surface area contributed by atoms with Crippen LogP contribution in [0.2, 0.25) is 0 Å². The highest BCUT2D eigenvalue weighted by Gasteiger charge is 2.18. The van der Waals surface area contributed by atoms with Gasteiger partial charge in [-0.3, -0.25) is 0 Å². The third-order valence-electron chi connectivity index (χ3n) is 3.12. The number of imidazole rings is 1. The molecule has 0 aromatic carbocycles. The largest absolute Gasteiger partial charge is 0.380 e. The zero-order chi connectivity index (χ0) is 11.2. The Morgan fingerprint density at radius 3 is 3.06 bits per heavy atom. The van der Waals surface area contributed by atoms with Gasteiger partial charge < -0.3 is 14.6 Å². The van der Waals surface area contributed by atoms with Crippen LogP contribution in [0, 0.1) is 0 Å². The Labute approximate surface area is 97.0 Å². The lowest BCUT2D eigenvalue weighted by molar-refractivity contribution is 0.158. The molecule has 1 fully saturated rings. The molecule has 1 aliphatic rings. The monoisotopic (exact) mass is 223 g/mol. The number of hydrogen-bond acceptors (Lipinski definition) is 3. The molecule has 0 bridgehead atoms. The van der Waals surface area contributed by atoms with Gasteiger partial charge in [0.15, 0.2) is 0 Å². The first kappa shape index (κ1) is 11.5. The summed E-state index contributed by atoms with van der Waals surface area (Å²) in [6.07, 6.45) is 9.23. The minimum Gasteiger partial charge on any atom is -0.380 e. The SMILES string of the molecule is CCOCCNc1nccn1C1CCCC1. The molecule has 1 heterocycles. The number of nitrogens with one attached hydrogen (secondary N) is 1. The van der Waals surface area contributed by atoms with Crippen molar-refractivity contribution in [2.24, 2.45) is 0 Å². The van der Waals surface area contributed by atoms with E-state index in [0.29, 0.717) is 6.04 Å². The second-order valence-electron chi connectivity index (χ2n) is 4.22. The molecule has 0 atom stereocenters. The van der Waals surface area contributed by atoms with Gasteiger partial charge >= 0.3 is 0 Å². The molecule has 0 aliphatic heterocycles. The number of aromatic nitrogens is 2. The lowest BCUT2D eigenvalue weighted by Gasteiger charge is -2.15. The Hall–Kier alpha value is -1.03. The lowest BCUT2D eigenvalue weighted by Crippen LogP contribution is -2.15. The minimum absolute atomic E-state index is 0.650. The average Bonchev–Trinajstić information content (AvgIpc) is 2.94. The first-order valence-corrected chi connectivity index (χ1v) is 6.26. The maximum Gasteiger partial charge on any atom is 0.203 e. The predicted octanol–water partition coefficient (Wildman–Crippen LogP) is 2.45. The topological polar surface area (TPSA) is 39.1 Å². The fourth-order valence-electron chi connectivity index (χ4n) is 2.31. The Morgan fingerprint density at radius 2 is 2.31 bits per heavy atom. The first-order chi connectivity index (χ1) is 7.92. The van der Waals surface area contributed by atoms with E-state index in [2.05, 4.69) is 21.1 Å².